The molecule has 14 aromatic rings. The fraction of sp³-hybridized carbons (Fsp3) is 0. The van der Waals surface area contributed by atoms with Gasteiger partial charge in [-0.2, -0.15) is 0 Å². The molecule has 406 valence electrons. The third kappa shape index (κ3) is 7.72. The highest BCUT2D eigenvalue weighted by atomic mass is 32.2. The lowest BCUT2D eigenvalue weighted by atomic mass is 9.31. The fourth-order valence-electron chi connectivity index (χ4n) is 14.4. The Bertz CT molecular complexity index is 4700. The van der Waals surface area contributed by atoms with E-state index in [0.717, 1.165) is 129 Å². The zero-order valence-corrected chi connectivity index (χ0v) is 47.9. The van der Waals surface area contributed by atoms with Gasteiger partial charge in [-0.3, -0.25) is 0 Å². The highest BCUT2D eigenvalue weighted by molar-refractivity contribution is 8.00. The monoisotopic (exact) mass is 1130 g/mol. The molecule has 18 rings (SSSR count). The lowest BCUT2D eigenvalue weighted by Gasteiger charge is -2.44. The average molecular weight is 1130 g/mol. The van der Waals surface area contributed by atoms with Gasteiger partial charge >= 0.3 is 0 Å². The van der Waals surface area contributed by atoms with E-state index in [1.54, 1.807) is 0 Å². The lowest BCUT2D eigenvalue weighted by Crippen LogP contribution is -2.63. The molecule has 0 radical (unpaired) electrons. The zero-order valence-electron chi connectivity index (χ0n) is 47.0. The average Bonchev–Trinajstić information content (AvgIpc) is 0.831. The number of hydrogen-bond donors (Lipinski definition) is 0. The molecule has 9 heteroatoms. The Morgan fingerprint density at radius 1 is 0.345 bits per heavy atom. The summed E-state index contributed by atoms with van der Waals surface area (Å²) in [5, 5.41) is 2.12. The minimum Gasteiger partial charge on any atom is -0.458 e. The summed E-state index contributed by atoms with van der Waals surface area (Å²) in [6.07, 6.45) is 0. The Kier molecular flexibility index (Phi) is 11.3. The van der Waals surface area contributed by atoms with Crippen LogP contribution in [0.2, 0.25) is 0 Å². The van der Waals surface area contributed by atoms with Gasteiger partial charge in [0.05, 0.1) is 5.69 Å². The van der Waals surface area contributed by atoms with E-state index in [4.69, 9.17) is 9.15 Å². The van der Waals surface area contributed by atoms with Gasteiger partial charge in [-0.25, -0.2) is 0 Å². The number of furan rings is 1. The normalized spacial score (nSPS) is 13.0. The number of hydrogen-bond acceptors (Lipinski definition) is 7. The van der Waals surface area contributed by atoms with Crippen LogP contribution < -0.4 is 57.1 Å². The number of rotatable bonds is 9. The molecule has 0 saturated carbocycles. The molecule has 1 aromatic heterocycles. The molecule has 0 N–H and O–H groups in total. The first-order valence-corrected chi connectivity index (χ1v) is 30.5. The second-order valence-electron chi connectivity index (χ2n) is 22.7. The summed E-state index contributed by atoms with van der Waals surface area (Å²) >= 11 is 1.87. The van der Waals surface area contributed by atoms with Crippen LogP contribution in [0.4, 0.5) is 68.2 Å². The van der Waals surface area contributed by atoms with Gasteiger partial charge < -0.3 is 28.8 Å². The van der Waals surface area contributed by atoms with Crippen molar-refractivity contribution in [2.24, 2.45) is 0 Å². The predicted molar refractivity (Wildman–Crippen MR) is 364 cm³/mol. The Morgan fingerprint density at radius 2 is 0.805 bits per heavy atom. The molecule has 0 amide bonds. The van der Waals surface area contributed by atoms with E-state index in [1.807, 2.05) is 11.8 Å². The molecule has 87 heavy (non-hydrogen) atoms. The molecule has 5 heterocycles. The van der Waals surface area contributed by atoms with Crippen molar-refractivity contribution in [1.82, 2.24) is 0 Å². The van der Waals surface area contributed by atoms with E-state index >= 15 is 0 Å². The van der Waals surface area contributed by atoms with Gasteiger partial charge in [0.15, 0.2) is 0 Å². The summed E-state index contributed by atoms with van der Waals surface area (Å²) in [4.78, 5) is 12.1. The van der Waals surface area contributed by atoms with Crippen LogP contribution in [0, 0.1) is 0 Å². The molecule has 0 bridgehead atoms. The fourth-order valence-corrected chi connectivity index (χ4v) is 15.7. The molecule has 0 unspecified atom stereocenters. The molecule has 0 fully saturated rings. The Labute approximate surface area is 509 Å². The molecule has 0 aliphatic carbocycles. The summed E-state index contributed by atoms with van der Waals surface area (Å²) < 4.78 is 14.9. The molecular weight excluding hydrogens is 1080 g/mol. The van der Waals surface area contributed by atoms with E-state index in [9.17, 15) is 0 Å². The minimum atomic E-state index is -0.228. The van der Waals surface area contributed by atoms with Gasteiger partial charge in [-0.15, -0.1) is 0 Å². The van der Waals surface area contributed by atoms with Crippen molar-refractivity contribution in [3.05, 3.63) is 303 Å². The second-order valence-corrected chi connectivity index (χ2v) is 23.7. The standard InChI is InChI=1S/C78H50B2N4O2S/c1-7-26-51(27-8-1)81(52-28-9-2-10-29-52)57-46-67-75-71(48-57)86-77-63(79(75)61-40-20-22-42-65(61)83(67)55-34-15-5-16-35-55)50-64-78(74(77)60-39-25-45-70-73(60)59-38-19-24-44-69(59)85-70)87-72-49-58(82(53-30-11-3-12-31-53)54-32-13-4-14-33-54)47-68-76(72)80(64)62-41-21-23-43-66(62)84(68)56-36-17-6-18-37-56/h1-50H. The Morgan fingerprint density at radius 3 is 1.37 bits per heavy atom. The summed E-state index contributed by atoms with van der Waals surface area (Å²) in [6, 6.07) is 110. The number of anilines is 12. The number of nitrogens with zero attached hydrogens (tertiary/aromatic N) is 4. The Hall–Kier alpha value is -10.9. The van der Waals surface area contributed by atoms with Crippen LogP contribution in [-0.2, 0) is 0 Å². The quantitative estimate of drug-likeness (QED) is 0.133. The smallest absolute Gasteiger partial charge is 0.256 e. The van der Waals surface area contributed by atoms with Crippen molar-refractivity contribution in [2.45, 2.75) is 9.79 Å². The van der Waals surface area contributed by atoms with Gasteiger partial charge in [0.1, 0.15) is 22.7 Å². The predicted octanol–water partition coefficient (Wildman–Crippen LogP) is 17.4. The van der Waals surface area contributed by atoms with Crippen molar-refractivity contribution in [2.75, 3.05) is 19.6 Å². The molecule has 4 aliphatic heterocycles. The van der Waals surface area contributed by atoms with Gasteiger partial charge in [-0.1, -0.05) is 199 Å². The van der Waals surface area contributed by atoms with E-state index in [-0.39, 0.29) is 13.4 Å². The van der Waals surface area contributed by atoms with Crippen LogP contribution >= 0.6 is 11.8 Å². The summed E-state index contributed by atoms with van der Waals surface area (Å²) in [5.74, 6) is 1.66. The van der Waals surface area contributed by atoms with Crippen LogP contribution in [0.5, 0.6) is 11.5 Å². The lowest BCUT2D eigenvalue weighted by molar-refractivity contribution is 0.488. The van der Waals surface area contributed by atoms with E-state index in [2.05, 4.69) is 323 Å². The van der Waals surface area contributed by atoms with Crippen LogP contribution in [0.1, 0.15) is 0 Å². The third-order valence-corrected chi connectivity index (χ3v) is 19.1. The largest absolute Gasteiger partial charge is 0.458 e. The number of para-hydroxylation sites is 9. The van der Waals surface area contributed by atoms with Gasteiger partial charge in [0.2, 0.25) is 6.71 Å². The Balaban J connectivity index is 0.964. The molecular formula is C78H50B2N4O2S. The molecule has 13 aromatic carbocycles. The molecule has 4 aliphatic rings. The maximum atomic E-state index is 8.08. The summed E-state index contributed by atoms with van der Waals surface area (Å²) in [7, 11) is 0. The van der Waals surface area contributed by atoms with Crippen molar-refractivity contribution in [3.63, 3.8) is 0 Å². The maximum Gasteiger partial charge on any atom is 0.256 e. The number of benzene rings is 13. The zero-order chi connectivity index (χ0) is 57.1. The summed E-state index contributed by atoms with van der Waals surface area (Å²) in [6.45, 7) is -0.399. The van der Waals surface area contributed by atoms with Crippen LogP contribution in [0.25, 0.3) is 33.1 Å². The van der Waals surface area contributed by atoms with Gasteiger partial charge in [0.25, 0.3) is 6.71 Å². The third-order valence-electron chi connectivity index (χ3n) is 17.9. The highest BCUT2D eigenvalue weighted by Crippen LogP contribution is 2.54. The van der Waals surface area contributed by atoms with Crippen molar-refractivity contribution in [1.29, 1.82) is 0 Å². The van der Waals surface area contributed by atoms with Gasteiger partial charge in [-0.05, 0) is 148 Å². The van der Waals surface area contributed by atoms with Crippen molar-refractivity contribution in [3.8, 4) is 22.6 Å². The minimum absolute atomic E-state index is 0.170. The highest BCUT2D eigenvalue weighted by Gasteiger charge is 2.48. The van der Waals surface area contributed by atoms with E-state index in [0.29, 0.717) is 0 Å². The molecule has 0 saturated heterocycles. The van der Waals surface area contributed by atoms with Crippen molar-refractivity contribution >= 4 is 148 Å². The topological polar surface area (TPSA) is 35.3 Å². The first-order chi connectivity index (χ1) is 43.2. The first-order valence-electron chi connectivity index (χ1n) is 29.7. The second kappa shape index (κ2) is 19.9. The molecule has 0 spiro atoms. The maximum absolute atomic E-state index is 8.08. The van der Waals surface area contributed by atoms with Crippen LogP contribution in [-0.4, -0.2) is 13.4 Å². The van der Waals surface area contributed by atoms with Crippen LogP contribution in [0.15, 0.2) is 318 Å². The first kappa shape index (κ1) is 49.6. The van der Waals surface area contributed by atoms with E-state index < -0.39 is 0 Å². The molecule has 0 atom stereocenters. The van der Waals surface area contributed by atoms with Crippen LogP contribution in [0.3, 0.4) is 0 Å². The van der Waals surface area contributed by atoms with Crippen molar-refractivity contribution < 1.29 is 9.15 Å². The summed E-state index contributed by atoms with van der Waals surface area (Å²) in [5.41, 5.74) is 24.0. The number of ether oxygens (including phenoxy) is 1. The molecule has 6 nitrogen and oxygen atoms in total. The van der Waals surface area contributed by atoms with E-state index in [1.165, 1.54) is 26.7 Å². The SMILES string of the molecule is c1ccc(N(c2ccccc2)c2cc3c4c(c2)N(c2ccccc2)c2ccccc2B4c2cc4c(c(-c5cccc6oc7ccccc7c56)c2O3)Sc2cc(N(c3ccccc3)c3ccccc3)cc3c2B4c2ccccc2N3c2ccccc2)cc1. The number of fused-ring (bicyclic) bond motifs is 11. The van der Waals surface area contributed by atoms with Gasteiger partial charge in [0, 0.05) is 94.8 Å².